The van der Waals surface area contributed by atoms with Crippen LogP contribution in [0.15, 0.2) is 42.5 Å². The van der Waals surface area contributed by atoms with Crippen molar-refractivity contribution in [3.63, 3.8) is 0 Å². The number of para-hydroxylation sites is 2. The average molecular weight is 303 g/mol. The lowest BCUT2D eigenvalue weighted by Crippen LogP contribution is -2.12. The van der Waals surface area contributed by atoms with Gasteiger partial charge >= 0.3 is 0 Å². The molecule has 0 aliphatic rings. The van der Waals surface area contributed by atoms with Crippen LogP contribution in [0.1, 0.15) is 0 Å². The summed E-state index contributed by atoms with van der Waals surface area (Å²) in [6.07, 6.45) is 0. The summed E-state index contributed by atoms with van der Waals surface area (Å²) in [4.78, 5) is 14.8. The van der Waals surface area contributed by atoms with E-state index in [0.29, 0.717) is 5.33 Å². The third-order valence-electron chi connectivity index (χ3n) is 2.94. The summed E-state index contributed by atoms with van der Waals surface area (Å²) in [6.45, 7) is 0. The van der Waals surface area contributed by atoms with Gasteiger partial charge in [0.1, 0.15) is 0 Å². The van der Waals surface area contributed by atoms with Crippen LogP contribution in [0.2, 0.25) is 0 Å². The zero-order valence-corrected chi connectivity index (χ0v) is 11.1. The highest BCUT2D eigenvalue weighted by Crippen LogP contribution is 2.29. The Balaban J connectivity index is 2.24. The summed E-state index contributed by atoms with van der Waals surface area (Å²) in [5.41, 5.74) is 2.86. The Bertz CT molecular complexity index is 733. The van der Waals surface area contributed by atoms with Crippen LogP contribution in [0.25, 0.3) is 21.8 Å². The van der Waals surface area contributed by atoms with Crippen LogP contribution in [-0.4, -0.2) is 16.2 Å². The molecule has 1 heterocycles. The minimum absolute atomic E-state index is 0.0545. The highest BCUT2D eigenvalue weighted by Gasteiger charge is 2.08. The van der Waals surface area contributed by atoms with Gasteiger partial charge in [0.25, 0.3) is 0 Å². The van der Waals surface area contributed by atoms with Gasteiger partial charge in [-0.2, -0.15) is 0 Å². The fraction of sp³-hybridized carbons (Fsp3) is 0.0714. The quantitative estimate of drug-likeness (QED) is 0.697. The lowest BCUT2D eigenvalue weighted by molar-refractivity contribution is -0.113. The molecule has 1 aromatic heterocycles. The van der Waals surface area contributed by atoms with E-state index >= 15 is 0 Å². The van der Waals surface area contributed by atoms with Crippen molar-refractivity contribution in [3.05, 3.63) is 42.5 Å². The summed E-state index contributed by atoms with van der Waals surface area (Å²) in [7, 11) is 0. The zero-order valence-electron chi connectivity index (χ0n) is 9.53. The molecule has 3 rings (SSSR count). The van der Waals surface area contributed by atoms with Crippen molar-refractivity contribution in [2.45, 2.75) is 0 Å². The van der Waals surface area contributed by atoms with E-state index in [9.17, 15) is 4.79 Å². The van der Waals surface area contributed by atoms with Crippen LogP contribution in [0, 0.1) is 0 Å². The van der Waals surface area contributed by atoms with Crippen molar-refractivity contribution in [2.75, 3.05) is 10.6 Å². The molecule has 3 nitrogen and oxygen atoms in total. The number of nitrogens with one attached hydrogen (secondary N) is 2. The van der Waals surface area contributed by atoms with Crippen molar-refractivity contribution in [3.8, 4) is 0 Å². The fourth-order valence-corrected chi connectivity index (χ4v) is 2.30. The molecule has 0 spiro atoms. The maximum atomic E-state index is 11.5. The Morgan fingerprint density at radius 1 is 1.11 bits per heavy atom. The van der Waals surface area contributed by atoms with E-state index in [0.717, 1.165) is 22.1 Å². The predicted molar refractivity (Wildman–Crippen MR) is 78.2 cm³/mol. The Morgan fingerprint density at radius 3 is 2.72 bits per heavy atom. The Hall–Kier alpha value is -1.81. The van der Waals surface area contributed by atoms with E-state index in [4.69, 9.17) is 0 Å². The van der Waals surface area contributed by atoms with E-state index in [2.05, 4.69) is 38.4 Å². The van der Waals surface area contributed by atoms with Gasteiger partial charge in [0.2, 0.25) is 5.91 Å². The number of anilines is 1. The van der Waals surface area contributed by atoms with Gasteiger partial charge < -0.3 is 10.3 Å². The van der Waals surface area contributed by atoms with Crippen molar-refractivity contribution in [1.82, 2.24) is 4.98 Å². The number of halogens is 1. The molecular formula is C14H11BrN2O. The number of carbonyl (C=O) groups is 1. The van der Waals surface area contributed by atoms with Crippen molar-refractivity contribution in [2.24, 2.45) is 0 Å². The molecule has 90 valence electrons. The van der Waals surface area contributed by atoms with Gasteiger partial charge in [-0.3, -0.25) is 4.79 Å². The first-order valence-electron chi connectivity index (χ1n) is 5.65. The third kappa shape index (κ3) is 1.78. The van der Waals surface area contributed by atoms with E-state index in [1.807, 2.05) is 30.3 Å². The van der Waals surface area contributed by atoms with Crippen LogP contribution in [-0.2, 0) is 4.79 Å². The Morgan fingerprint density at radius 2 is 1.89 bits per heavy atom. The monoisotopic (exact) mass is 302 g/mol. The smallest absolute Gasteiger partial charge is 0.235 e. The number of aromatic nitrogens is 1. The number of benzene rings is 2. The van der Waals surface area contributed by atoms with Gasteiger partial charge in [0.05, 0.1) is 16.5 Å². The van der Waals surface area contributed by atoms with Gasteiger partial charge in [-0.1, -0.05) is 46.3 Å². The standard InChI is InChI=1S/C14H11BrN2O/c15-8-13(18)16-12-7-3-5-10-9-4-1-2-6-11(9)17-14(10)12/h1-7,17H,8H2,(H,16,18). The number of fused-ring (bicyclic) bond motifs is 3. The molecular weight excluding hydrogens is 292 g/mol. The molecule has 1 amide bonds. The Kier molecular flexibility index (Phi) is 2.80. The molecule has 0 atom stereocenters. The number of hydrogen-bond acceptors (Lipinski definition) is 1. The van der Waals surface area contributed by atoms with E-state index < -0.39 is 0 Å². The molecule has 4 heteroatoms. The highest BCUT2D eigenvalue weighted by molar-refractivity contribution is 9.09. The summed E-state index contributed by atoms with van der Waals surface area (Å²) in [5, 5.41) is 5.47. The molecule has 2 N–H and O–H groups in total. The Labute approximate surface area is 112 Å². The van der Waals surface area contributed by atoms with Crippen LogP contribution in [0.4, 0.5) is 5.69 Å². The number of rotatable bonds is 2. The lowest BCUT2D eigenvalue weighted by atomic mass is 10.1. The van der Waals surface area contributed by atoms with E-state index in [1.54, 1.807) is 0 Å². The van der Waals surface area contributed by atoms with Crippen LogP contribution in [0.5, 0.6) is 0 Å². The molecule has 0 saturated carbocycles. The van der Waals surface area contributed by atoms with Gasteiger partial charge in [-0.15, -0.1) is 0 Å². The molecule has 0 aliphatic heterocycles. The number of carbonyl (C=O) groups excluding carboxylic acids is 1. The topological polar surface area (TPSA) is 44.9 Å². The van der Waals surface area contributed by atoms with Crippen LogP contribution < -0.4 is 5.32 Å². The van der Waals surface area contributed by atoms with E-state index in [1.165, 1.54) is 5.39 Å². The largest absolute Gasteiger partial charge is 0.353 e. The highest BCUT2D eigenvalue weighted by atomic mass is 79.9. The number of aromatic amines is 1. The van der Waals surface area contributed by atoms with Gasteiger partial charge in [0.15, 0.2) is 0 Å². The molecule has 0 saturated heterocycles. The first kappa shape index (κ1) is 11.3. The summed E-state index contributed by atoms with van der Waals surface area (Å²) in [5.74, 6) is -0.0545. The maximum Gasteiger partial charge on any atom is 0.235 e. The van der Waals surface area contributed by atoms with Gasteiger partial charge in [-0.05, 0) is 12.1 Å². The summed E-state index contributed by atoms with van der Waals surface area (Å²) in [6, 6.07) is 14.0. The molecule has 0 bridgehead atoms. The van der Waals surface area contributed by atoms with Crippen LogP contribution in [0.3, 0.4) is 0 Å². The van der Waals surface area contributed by atoms with Gasteiger partial charge in [0, 0.05) is 16.3 Å². The van der Waals surface area contributed by atoms with Crippen molar-refractivity contribution >= 4 is 49.3 Å². The summed E-state index contributed by atoms with van der Waals surface area (Å²) >= 11 is 3.15. The molecule has 18 heavy (non-hydrogen) atoms. The number of H-pyrrole nitrogens is 1. The first-order valence-corrected chi connectivity index (χ1v) is 6.77. The average Bonchev–Trinajstić information content (AvgIpc) is 2.78. The van der Waals surface area contributed by atoms with Crippen molar-refractivity contribution < 1.29 is 4.79 Å². The maximum absolute atomic E-state index is 11.5. The third-order valence-corrected chi connectivity index (χ3v) is 3.45. The lowest BCUT2D eigenvalue weighted by Gasteiger charge is -2.04. The fourth-order valence-electron chi connectivity index (χ4n) is 2.16. The molecule has 0 radical (unpaired) electrons. The number of hydrogen-bond donors (Lipinski definition) is 2. The van der Waals surface area contributed by atoms with Gasteiger partial charge in [-0.25, -0.2) is 0 Å². The molecule has 0 unspecified atom stereocenters. The van der Waals surface area contributed by atoms with E-state index in [-0.39, 0.29) is 5.91 Å². The second-order valence-electron chi connectivity index (χ2n) is 4.08. The predicted octanol–water partition coefficient (Wildman–Crippen LogP) is 3.65. The zero-order chi connectivity index (χ0) is 12.5. The normalized spacial score (nSPS) is 10.9. The van der Waals surface area contributed by atoms with Crippen LogP contribution >= 0.6 is 15.9 Å². The summed E-state index contributed by atoms with van der Waals surface area (Å²) < 4.78 is 0. The molecule has 3 aromatic rings. The second kappa shape index (κ2) is 4.46. The second-order valence-corrected chi connectivity index (χ2v) is 4.64. The number of alkyl halides is 1. The molecule has 0 fully saturated rings. The SMILES string of the molecule is O=C(CBr)Nc1cccc2c1[nH]c1ccccc12. The van der Waals surface area contributed by atoms with Crippen molar-refractivity contribution in [1.29, 1.82) is 0 Å². The molecule has 0 aliphatic carbocycles. The molecule has 2 aromatic carbocycles. The number of amides is 1. The first-order chi connectivity index (χ1) is 8.79. The minimum atomic E-state index is -0.0545. The minimum Gasteiger partial charge on any atom is -0.353 e.